The molecular formula is C23H20Cl2N2O4. The third-order valence-electron chi connectivity index (χ3n) is 4.57. The summed E-state index contributed by atoms with van der Waals surface area (Å²) in [5, 5.41) is 3.84. The van der Waals surface area contributed by atoms with E-state index >= 15 is 0 Å². The van der Waals surface area contributed by atoms with Gasteiger partial charge < -0.3 is 14.8 Å². The normalized spacial score (nSPS) is 11.5. The second-order valence-corrected chi connectivity index (χ2v) is 7.61. The van der Waals surface area contributed by atoms with Crippen molar-refractivity contribution in [2.45, 2.75) is 19.6 Å². The quantitative estimate of drug-likeness (QED) is 0.489. The summed E-state index contributed by atoms with van der Waals surface area (Å²) < 4.78 is 10.4. The summed E-state index contributed by atoms with van der Waals surface area (Å²) in [6, 6.07) is 13.2. The molecule has 1 aromatic heterocycles. The van der Waals surface area contributed by atoms with E-state index < -0.39 is 5.97 Å². The summed E-state index contributed by atoms with van der Waals surface area (Å²) in [5.74, 6) is -0.218. The van der Waals surface area contributed by atoms with Crippen molar-refractivity contribution in [3.63, 3.8) is 0 Å². The van der Waals surface area contributed by atoms with E-state index in [0.29, 0.717) is 32.5 Å². The van der Waals surface area contributed by atoms with Crippen LogP contribution in [0.5, 0.6) is 5.75 Å². The number of benzene rings is 2. The minimum atomic E-state index is -0.415. The number of amides is 1. The Morgan fingerprint density at radius 3 is 2.45 bits per heavy atom. The van der Waals surface area contributed by atoms with Gasteiger partial charge in [-0.3, -0.25) is 9.78 Å². The minimum absolute atomic E-state index is 0.143. The van der Waals surface area contributed by atoms with Crippen LogP contribution in [-0.4, -0.2) is 24.0 Å². The largest absolute Gasteiger partial charge is 0.487 e. The first-order valence-corrected chi connectivity index (χ1v) is 10.1. The number of halogens is 2. The molecule has 31 heavy (non-hydrogen) atoms. The first-order chi connectivity index (χ1) is 14.9. The van der Waals surface area contributed by atoms with E-state index in [1.54, 1.807) is 54.7 Å². The first-order valence-electron chi connectivity index (χ1n) is 9.38. The van der Waals surface area contributed by atoms with Gasteiger partial charge in [0.2, 0.25) is 0 Å². The highest BCUT2D eigenvalue weighted by atomic mass is 35.5. The van der Waals surface area contributed by atoms with E-state index in [9.17, 15) is 9.59 Å². The number of carbonyl (C=O) groups is 2. The molecule has 0 aliphatic carbocycles. The zero-order valence-electron chi connectivity index (χ0n) is 16.9. The van der Waals surface area contributed by atoms with Gasteiger partial charge >= 0.3 is 5.97 Å². The van der Waals surface area contributed by atoms with Gasteiger partial charge in [0, 0.05) is 28.4 Å². The van der Waals surface area contributed by atoms with E-state index in [-0.39, 0.29) is 18.6 Å². The number of hydrogen-bond donors (Lipinski definition) is 1. The molecule has 0 aliphatic rings. The fourth-order valence-electron chi connectivity index (χ4n) is 2.90. The van der Waals surface area contributed by atoms with Gasteiger partial charge in [-0.2, -0.15) is 0 Å². The third-order valence-corrected chi connectivity index (χ3v) is 5.01. The number of ether oxygens (including phenoxy) is 2. The topological polar surface area (TPSA) is 77.5 Å². The minimum Gasteiger partial charge on any atom is -0.487 e. The predicted molar refractivity (Wildman–Crippen MR) is 119 cm³/mol. The Hall–Kier alpha value is -3.09. The van der Waals surface area contributed by atoms with Crippen molar-refractivity contribution < 1.29 is 19.1 Å². The van der Waals surface area contributed by atoms with Crippen LogP contribution in [0, 0.1) is 0 Å². The molecule has 0 aliphatic heterocycles. The average Bonchev–Trinajstić information content (AvgIpc) is 2.77. The molecule has 6 nitrogen and oxygen atoms in total. The van der Waals surface area contributed by atoms with Crippen molar-refractivity contribution in [1.29, 1.82) is 0 Å². The van der Waals surface area contributed by atoms with Crippen LogP contribution in [0.15, 0.2) is 60.9 Å². The van der Waals surface area contributed by atoms with E-state index in [2.05, 4.69) is 10.3 Å². The maximum atomic E-state index is 13.0. The molecule has 3 rings (SSSR count). The maximum Gasteiger partial charge on any atom is 0.337 e. The van der Waals surface area contributed by atoms with Crippen molar-refractivity contribution in [2.24, 2.45) is 0 Å². The van der Waals surface area contributed by atoms with Crippen LogP contribution in [0.1, 0.15) is 44.8 Å². The fraction of sp³-hybridized carbons (Fsp3) is 0.174. The smallest absolute Gasteiger partial charge is 0.337 e. The molecule has 0 bridgehead atoms. The van der Waals surface area contributed by atoms with Crippen LogP contribution >= 0.6 is 23.2 Å². The second-order valence-electron chi connectivity index (χ2n) is 6.74. The number of esters is 1. The number of pyridine rings is 1. The zero-order valence-corrected chi connectivity index (χ0v) is 18.4. The van der Waals surface area contributed by atoms with E-state index in [0.717, 1.165) is 5.56 Å². The summed E-state index contributed by atoms with van der Waals surface area (Å²) in [6.45, 7) is 1.99. The zero-order chi connectivity index (χ0) is 22.4. The SMILES string of the molecule is COC(=O)c1ccc([C@H](C)NC(=O)c2cc(Cl)ccc2COc2cncc(Cl)c2)cc1. The van der Waals surface area contributed by atoms with Crippen LogP contribution in [0.4, 0.5) is 0 Å². The maximum absolute atomic E-state index is 13.0. The first kappa shape index (κ1) is 22.6. The van der Waals surface area contributed by atoms with Crippen molar-refractivity contribution >= 4 is 35.1 Å². The Morgan fingerprint density at radius 1 is 1.03 bits per heavy atom. The number of methoxy groups -OCH3 is 1. The Kier molecular flexibility index (Phi) is 7.50. The van der Waals surface area contributed by atoms with E-state index in [1.165, 1.54) is 13.3 Å². The highest BCUT2D eigenvalue weighted by Gasteiger charge is 2.17. The summed E-state index contributed by atoms with van der Waals surface area (Å²) >= 11 is 12.1. The molecule has 3 aromatic rings. The van der Waals surface area contributed by atoms with Gasteiger partial charge in [0.05, 0.1) is 29.9 Å². The Labute approximate surface area is 190 Å². The molecular weight excluding hydrogens is 439 g/mol. The lowest BCUT2D eigenvalue weighted by Gasteiger charge is -2.17. The highest BCUT2D eigenvalue weighted by Crippen LogP contribution is 2.22. The number of hydrogen-bond acceptors (Lipinski definition) is 5. The summed E-state index contributed by atoms with van der Waals surface area (Å²) in [4.78, 5) is 28.5. The third kappa shape index (κ3) is 5.96. The molecule has 0 saturated heterocycles. The Morgan fingerprint density at radius 2 is 1.77 bits per heavy atom. The molecule has 1 N–H and O–H groups in total. The standard InChI is InChI=1S/C23H20Cl2N2O4/c1-14(15-3-5-16(6-4-15)23(29)30-2)27-22(28)21-10-18(24)8-7-17(21)13-31-20-9-19(25)11-26-12-20/h3-12,14H,13H2,1-2H3,(H,27,28)/t14-/m0/s1. The van der Waals surface area contributed by atoms with Crippen molar-refractivity contribution in [3.8, 4) is 5.75 Å². The van der Waals surface area contributed by atoms with Crippen LogP contribution in [0.25, 0.3) is 0 Å². The predicted octanol–water partition coefficient (Wildman–Crippen LogP) is 5.25. The molecule has 0 spiro atoms. The van der Waals surface area contributed by atoms with Gasteiger partial charge in [-0.25, -0.2) is 4.79 Å². The number of nitrogens with one attached hydrogen (secondary N) is 1. The number of rotatable bonds is 7. The molecule has 0 radical (unpaired) electrons. The van der Waals surface area contributed by atoms with Crippen molar-refractivity contribution in [1.82, 2.24) is 10.3 Å². The highest BCUT2D eigenvalue weighted by molar-refractivity contribution is 6.31. The van der Waals surface area contributed by atoms with Crippen LogP contribution in [0.3, 0.4) is 0 Å². The summed E-state index contributed by atoms with van der Waals surface area (Å²) in [6.07, 6.45) is 3.05. The Balaban J connectivity index is 1.73. The lowest BCUT2D eigenvalue weighted by molar-refractivity contribution is 0.0600. The van der Waals surface area contributed by atoms with Gasteiger partial charge in [-0.15, -0.1) is 0 Å². The van der Waals surface area contributed by atoms with E-state index in [1.807, 2.05) is 6.92 Å². The molecule has 0 fully saturated rings. The van der Waals surface area contributed by atoms with Gasteiger partial charge in [-0.05, 0) is 36.8 Å². The molecule has 0 unspecified atom stereocenters. The molecule has 8 heteroatoms. The number of aromatic nitrogens is 1. The number of nitrogens with zero attached hydrogens (tertiary/aromatic N) is 1. The molecule has 1 amide bonds. The Bertz CT molecular complexity index is 1090. The fourth-order valence-corrected chi connectivity index (χ4v) is 3.24. The van der Waals surface area contributed by atoms with Crippen LogP contribution in [-0.2, 0) is 11.3 Å². The van der Waals surface area contributed by atoms with Gasteiger partial charge in [0.15, 0.2) is 0 Å². The van der Waals surface area contributed by atoms with Crippen LogP contribution in [0.2, 0.25) is 10.0 Å². The van der Waals surface area contributed by atoms with Gasteiger partial charge in [0.25, 0.3) is 5.91 Å². The number of carbonyl (C=O) groups excluding carboxylic acids is 2. The van der Waals surface area contributed by atoms with Crippen molar-refractivity contribution in [3.05, 3.63) is 93.2 Å². The molecule has 1 heterocycles. The van der Waals surface area contributed by atoms with Crippen molar-refractivity contribution in [2.75, 3.05) is 7.11 Å². The monoisotopic (exact) mass is 458 g/mol. The average molecular weight is 459 g/mol. The van der Waals surface area contributed by atoms with Gasteiger partial charge in [0.1, 0.15) is 12.4 Å². The van der Waals surface area contributed by atoms with Gasteiger partial charge in [-0.1, -0.05) is 41.4 Å². The summed E-state index contributed by atoms with van der Waals surface area (Å²) in [5.41, 5.74) is 2.34. The lowest BCUT2D eigenvalue weighted by Crippen LogP contribution is -2.27. The molecule has 2 aromatic carbocycles. The molecule has 1 atom stereocenters. The lowest BCUT2D eigenvalue weighted by atomic mass is 10.0. The molecule has 160 valence electrons. The second kappa shape index (κ2) is 10.3. The summed E-state index contributed by atoms with van der Waals surface area (Å²) in [7, 11) is 1.33. The molecule has 0 saturated carbocycles. The van der Waals surface area contributed by atoms with E-state index in [4.69, 9.17) is 32.7 Å². The van der Waals surface area contributed by atoms with Crippen LogP contribution < -0.4 is 10.1 Å².